The van der Waals surface area contributed by atoms with Crippen LogP contribution in [0.4, 0.5) is 5.95 Å². The molecule has 8 heteroatoms. The number of anilines is 1. The van der Waals surface area contributed by atoms with Gasteiger partial charge in [-0.05, 0) is 44.0 Å². The molecule has 5 rings (SSSR count). The van der Waals surface area contributed by atoms with Crippen molar-refractivity contribution in [2.75, 3.05) is 18.0 Å². The molecule has 1 aromatic carbocycles. The Morgan fingerprint density at radius 2 is 1.79 bits per heavy atom. The number of benzene rings is 1. The van der Waals surface area contributed by atoms with Crippen LogP contribution >= 0.6 is 0 Å². The fraction of sp³-hybridized carbons (Fsp3) is 0.320. The standard InChI is InChI=1S/C25H27N7O/c1-3-19-8-5-9-20(26-19)14-32-16-24(29-30-32)23-13-22(18-7-4-6-17(2)12-18)27-25(28-23)31-11-10-21(33)15-31/h4-9,12-13,16,21,33H,3,10-11,14-15H2,1-2H3/t21-/m1/s1. The fourth-order valence-electron chi connectivity index (χ4n) is 4.06. The van der Waals surface area contributed by atoms with Crippen LogP contribution in [0, 0.1) is 6.92 Å². The highest BCUT2D eigenvalue weighted by Crippen LogP contribution is 2.27. The number of aliphatic hydroxyl groups is 1. The number of β-amino-alcohol motifs (C(OH)–C–C–N with tert-alkyl or cyclic N) is 1. The van der Waals surface area contributed by atoms with Gasteiger partial charge in [-0.3, -0.25) is 4.98 Å². The molecule has 0 unspecified atom stereocenters. The highest BCUT2D eigenvalue weighted by molar-refractivity contribution is 5.68. The summed E-state index contributed by atoms with van der Waals surface area (Å²) in [6.45, 7) is 5.96. The molecule has 168 valence electrons. The van der Waals surface area contributed by atoms with Crippen LogP contribution in [0.15, 0.2) is 54.7 Å². The molecule has 33 heavy (non-hydrogen) atoms. The first-order valence-electron chi connectivity index (χ1n) is 11.3. The Hall–Kier alpha value is -3.65. The first-order valence-corrected chi connectivity index (χ1v) is 11.3. The molecular weight excluding hydrogens is 414 g/mol. The summed E-state index contributed by atoms with van der Waals surface area (Å²) in [5.74, 6) is 0.604. The minimum atomic E-state index is -0.355. The molecule has 3 aromatic heterocycles. The fourth-order valence-corrected chi connectivity index (χ4v) is 4.06. The number of aromatic nitrogens is 6. The third kappa shape index (κ3) is 4.75. The smallest absolute Gasteiger partial charge is 0.226 e. The molecule has 1 aliphatic rings. The normalized spacial score (nSPS) is 15.8. The molecule has 1 aliphatic heterocycles. The lowest BCUT2D eigenvalue weighted by atomic mass is 10.1. The molecule has 0 saturated carbocycles. The minimum absolute atomic E-state index is 0.355. The van der Waals surface area contributed by atoms with E-state index in [1.165, 1.54) is 5.56 Å². The van der Waals surface area contributed by atoms with Gasteiger partial charge < -0.3 is 10.0 Å². The van der Waals surface area contributed by atoms with Crippen LogP contribution in [-0.4, -0.2) is 54.2 Å². The maximum atomic E-state index is 10.0. The summed E-state index contributed by atoms with van der Waals surface area (Å²) in [4.78, 5) is 16.3. The average Bonchev–Trinajstić information content (AvgIpc) is 3.48. The number of aliphatic hydroxyl groups excluding tert-OH is 1. The van der Waals surface area contributed by atoms with Crippen molar-refractivity contribution in [1.29, 1.82) is 0 Å². The van der Waals surface area contributed by atoms with Crippen molar-refractivity contribution in [2.24, 2.45) is 0 Å². The zero-order chi connectivity index (χ0) is 22.8. The van der Waals surface area contributed by atoms with Crippen LogP contribution in [0.25, 0.3) is 22.6 Å². The van der Waals surface area contributed by atoms with Crippen LogP contribution in [-0.2, 0) is 13.0 Å². The second kappa shape index (κ2) is 9.07. The van der Waals surface area contributed by atoms with Crippen LogP contribution in [0.5, 0.6) is 0 Å². The Morgan fingerprint density at radius 1 is 0.970 bits per heavy atom. The lowest BCUT2D eigenvalue weighted by Gasteiger charge is -2.17. The zero-order valence-corrected chi connectivity index (χ0v) is 18.9. The summed E-state index contributed by atoms with van der Waals surface area (Å²) in [6, 6.07) is 16.3. The average molecular weight is 442 g/mol. The highest BCUT2D eigenvalue weighted by Gasteiger charge is 2.24. The van der Waals surface area contributed by atoms with Crippen molar-refractivity contribution in [3.63, 3.8) is 0 Å². The first kappa shape index (κ1) is 21.2. The largest absolute Gasteiger partial charge is 0.391 e. The summed E-state index contributed by atoms with van der Waals surface area (Å²) in [5, 5.41) is 18.7. The van der Waals surface area contributed by atoms with E-state index in [2.05, 4.69) is 41.3 Å². The van der Waals surface area contributed by atoms with E-state index in [0.29, 0.717) is 36.8 Å². The Labute approximate surface area is 193 Å². The molecule has 0 radical (unpaired) electrons. The van der Waals surface area contributed by atoms with Crippen LogP contribution in [0.3, 0.4) is 0 Å². The zero-order valence-electron chi connectivity index (χ0n) is 18.9. The van der Waals surface area contributed by atoms with Crippen molar-refractivity contribution in [3.05, 3.63) is 71.7 Å². The van der Waals surface area contributed by atoms with Gasteiger partial charge in [0, 0.05) is 24.3 Å². The van der Waals surface area contributed by atoms with E-state index < -0.39 is 0 Å². The molecule has 0 amide bonds. The molecular formula is C25H27N7O. The third-order valence-corrected chi connectivity index (χ3v) is 5.83. The van der Waals surface area contributed by atoms with Crippen molar-refractivity contribution in [3.8, 4) is 22.6 Å². The summed E-state index contributed by atoms with van der Waals surface area (Å²) in [7, 11) is 0. The molecule has 4 aromatic rings. The maximum absolute atomic E-state index is 10.0. The van der Waals surface area contributed by atoms with Gasteiger partial charge in [-0.25, -0.2) is 14.6 Å². The summed E-state index contributed by atoms with van der Waals surface area (Å²) < 4.78 is 1.78. The van der Waals surface area contributed by atoms with Gasteiger partial charge in [0.25, 0.3) is 0 Å². The van der Waals surface area contributed by atoms with Gasteiger partial charge >= 0.3 is 0 Å². The van der Waals surface area contributed by atoms with E-state index in [9.17, 15) is 5.11 Å². The van der Waals surface area contributed by atoms with Crippen molar-refractivity contribution in [2.45, 2.75) is 39.3 Å². The summed E-state index contributed by atoms with van der Waals surface area (Å²) in [5.41, 5.74) is 6.40. The minimum Gasteiger partial charge on any atom is -0.391 e. The number of pyridine rings is 1. The quantitative estimate of drug-likeness (QED) is 0.491. The third-order valence-electron chi connectivity index (χ3n) is 5.83. The number of rotatable bonds is 6. The predicted octanol–water partition coefficient (Wildman–Crippen LogP) is 3.29. The van der Waals surface area contributed by atoms with Gasteiger partial charge in [0.1, 0.15) is 5.69 Å². The molecule has 0 bridgehead atoms. The second-order valence-corrected chi connectivity index (χ2v) is 8.47. The molecule has 0 spiro atoms. The highest BCUT2D eigenvalue weighted by atomic mass is 16.3. The molecule has 4 heterocycles. The van der Waals surface area contributed by atoms with E-state index >= 15 is 0 Å². The van der Waals surface area contributed by atoms with Gasteiger partial charge in [-0.15, -0.1) is 5.10 Å². The first-order chi connectivity index (χ1) is 16.1. The lowest BCUT2D eigenvalue weighted by molar-refractivity contribution is 0.198. The van der Waals surface area contributed by atoms with E-state index in [4.69, 9.17) is 9.97 Å². The van der Waals surface area contributed by atoms with Gasteiger partial charge in [0.2, 0.25) is 5.95 Å². The van der Waals surface area contributed by atoms with Crippen molar-refractivity contribution >= 4 is 5.95 Å². The molecule has 0 aliphatic carbocycles. The van der Waals surface area contributed by atoms with Gasteiger partial charge in [-0.2, -0.15) is 0 Å². The number of hydrogen-bond donors (Lipinski definition) is 1. The van der Waals surface area contributed by atoms with Crippen LogP contribution in [0.1, 0.15) is 30.3 Å². The Balaban J connectivity index is 1.50. The number of aryl methyl sites for hydroxylation is 2. The SMILES string of the molecule is CCc1cccc(Cn2cc(-c3cc(-c4cccc(C)c4)nc(N4CC[C@@H](O)C4)n3)nn2)n1. The number of nitrogens with zero attached hydrogens (tertiary/aromatic N) is 7. The lowest BCUT2D eigenvalue weighted by Crippen LogP contribution is -2.23. The molecule has 1 atom stereocenters. The maximum Gasteiger partial charge on any atom is 0.226 e. The van der Waals surface area contributed by atoms with Crippen LogP contribution < -0.4 is 4.90 Å². The molecule has 1 saturated heterocycles. The predicted molar refractivity (Wildman–Crippen MR) is 127 cm³/mol. The van der Waals surface area contributed by atoms with Gasteiger partial charge in [0.05, 0.1) is 35.9 Å². The van der Waals surface area contributed by atoms with Crippen LogP contribution in [0.2, 0.25) is 0 Å². The van der Waals surface area contributed by atoms with Crippen molar-refractivity contribution in [1.82, 2.24) is 29.9 Å². The molecule has 1 N–H and O–H groups in total. The monoisotopic (exact) mass is 441 g/mol. The van der Waals surface area contributed by atoms with Gasteiger partial charge in [0.15, 0.2) is 0 Å². The number of hydrogen-bond acceptors (Lipinski definition) is 7. The van der Waals surface area contributed by atoms with Gasteiger partial charge in [-0.1, -0.05) is 42.0 Å². The Morgan fingerprint density at radius 3 is 2.58 bits per heavy atom. The van der Waals surface area contributed by atoms with E-state index in [1.54, 1.807) is 4.68 Å². The molecule has 1 fully saturated rings. The topological polar surface area (TPSA) is 92.9 Å². The van der Waals surface area contributed by atoms with E-state index in [0.717, 1.165) is 35.6 Å². The second-order valence-electron chi connectivity index (χ2n) is 8.47. The van der Waals surface area contributed by atoms with Crippen molar-refractivity contribution < 1.29 is 5.11 Å². The summed E-state index contributed by atoms with van der Waals surface area (Å²) in [6.07, 6.45) is 3.15. The Bertz CT molecular complexity index is 1270. The summed E-state index contributed by atoms with van der Waals surface area (Å²) >= 11 is 0. The van der Waals surface area contributed by atoms with E-state index in [-0.39, 0.29) is 6.10 Å². The van der Waals surface area contributed by atoms with E-state index in [1.807, 2.05) is 47.5 Å². The molecule has 8 nitrogen and oxygen atoms in total. The Kier molecular flexibility index (Phi) is 5.83.